The number of piperidine rings is 1. The highest BCUT2D eigenvalue weighted by atomic mass is 16.5. The number of aryl methyl sites for hydroxylation is 1. The first-order valence-corrected chi connectivity index (χ1v) is 9.91. The molecule has 7 nitrogen and oxygen atoms in total. The minimum Gasteiger partial charge on any atom is -0.356 e. The number of rotatable bonds is 4. The van der Waals surface area contributed by atoms with Crippen LogP contribution in [-0.4, -0.2) is 66.4 Å². The lowest BCUT2D eigenvalue weighted by Crippen LogP contribution is -2.56. The molecule has 2 aliphatic heterocycles. The van der Waals surface area contributed by atoms with E-state index in [4.69, 9.17) is 4.74 Å². The largest absolute Gasteiger partial charge is 0.356 e. The molecule has 3 amide bonds. The summed E-state index contributed by atoms with van der Waals surface area (Å²) in [5.74, 6) is -0.616. The van der Waals surface area contributed by atoms with Gasteiger partial charge in [0.15, 0.2) is 6.10 Å². The van der Waals surface area contributed by atoms with Crippen LogP contribution >= 0.6 is 0 Å². The number of carbonyl (C=O) groups is 3. The lowest BCUT2D eigenvalue weighted by atomic mass is 9.96. The van der Waals surface area contributed by atoms with Crippen molar-refractivity contribution in [1.29, 1.82) is 0 Å². The van der Waals surface area contributed by atoms with E-state index in [-0.39, 0.29) is 24.3 Å². The summed E-state index contributed by atoms with van der Waals surface area (Å²) in [4.78, 5) is 41.1. The molecule has 0 spiro atoms. The van der Waals surface area contributed by atoms with Gasteiger partial charge in [0.2, 0.25) is 11.8 Å². The van der Waals surface area contributed by atoms with Gasteiger partial charge in [0.25, 0.3) is 5.91 Å². The van der Waals surface area contributed by atoms with Crippen molar-refractivity contribution < 1.29 is 19.1 Å². The summed E-state index contributed by atoms with van der Waals surface area (Å²) in [6.45, 7) is 5.01. The van der Waals surface area contributed by atoms with Gasteiger partial charge in [-0.05, 0) is 38.7 Å². The molecule has 7 heteroatoms. The average Bonchev–Trinajstić information content (AvgIpc) is 2.70. The highest BCUT2D eigenvalue weighted by Crippen LogP contribution is 2.29. The number of carbonyl (C=O) groups excluding carboxylic acids is 3. The van der Waals surface area contributed by atoms with Gasteiger partial charge in [0.05, 0.1) is 6.04 Å². The molecule has 1 aromatic rings. The lowest BCUT2D eigenvalue weighted by molar-refractivity contribution is -0.163. The summed E-state index contributed by atoms with van der Waals surface area (Å²) < 4.78 is 5.62. The van der Waals surface area contributed by atoms with Crippen LogP contribution in [0.5, 0.6) is 0 Å². The minimum atomic E-state index is -0.859. The molecule has 1 N–H and O–H groups in total. The van der Waals surface area contributed by atoms with Gasteiger partial charge in [-0.2, -0.15) is 0 Å². The van der Waals surface area contributed by atoms with Gasteiger partial charge in [-0.3, -0.25) is 14.4 Å². The number of likely N-dealkylation sites (N-methyl/N-ethyl adjacent to an activating group) is 1. The third-order valence-corrected chi connectivity index (χ3v) is 5.56. The van der Waals surface area contributed by atoms with E-state index in [9.17, 15) is 14.4 Å². The fourth-order valence-corrected chi connectivity index (χ4v) is 3.84. The molecular formula is C21H29N3O4. The van der Waals surface area contributed by atoms with Crippen molar-refractivity contribution in [2.45, 2.75) is 51.3 Å². The van der Waals surface area contributed by atoms with Crippen molar-refractivity contribution in [2.75, 3.05) is 26.7 Å². The highest BCUT2D eigenvalue weighted by molar-refractivity contribution is 5.91. The van der Waals surface area contributed by atoms with Crippen molar-refractivity contribution >= 4 is 17.7 Å². The summed E-state index contributed by atoms with van der Waals surface area (Å²) in [7, 11) is 1.68. The Hall–Kier alpha value is -2.41. The van der Waals surface area contributed by atoms with Crippen LogP contribution in [0, 0.1) is 6.92 Å². The number of ether oxygens (including phenoxy) is 1. The smallest absolute Gasteiger partial charge is 0.252 e. The molecule has 2 saturated heterocycles. The van der Waals surface area contributed by atoms with Crippen LogP contribution in [0.15, 0.2) is 24.3 Å². The summed E-state index contributed by atoms with van der Waals surface area (Å²) in [5, 5.41) is 2.80. The summed E-state index contributed by atoms with van der Waals surface area (Å²) in [5.41, 5.74) is 1.92. The molecular weight excluding hydrogens is 358 g/mol. The van der Waals surface area contributed by atoms with Gasteiger partial charge in [0.1, 0.15) is 12.6 Å². The van der Waals surface area contributed by atoms with E-state index in [1.165, 1.54) is 0 Å². The van der Waals surface area contributed by atoms with Crippen molar-refractivity contribution in [3.05, 3.63) is 35.4 Å². The van der Waals surface area contributed by atoms with Crippen LogP contribution in [0.4, 0.5) is 0 Å². The Kier molecular flexibility index (Phi) is 6.34. The Balaban J connectivity index is 1.73. The SMILES string of the molecule is Cc1ccc(C2C(C(=O)NC(C)C(=O)N3CCCCC3)OCC(=O)N2C)cc1. The Morgan fingerprint density at radius 2 is 1.79 bits per heavy atom. The molecule has 3 atom stereocenters. The van der Waals surface area contributed by atoms with Crippen LogP contribution in [0.25, 0.3) is 0 Å². The number of nitrogens with one attached hydrogen (secondary N) is 1. The summed E-state index contributed by atoms with van der Waals surface area (Å²) in [6, 6.07) is 6.54. The molecule has 2 fully saturated rings. The topological polar surface area (TPSA) is 79.0 Å². The van der Waals surface area contributed by atoms with E-state index >= 15 is 0 Å². The van der Waals surface area contributed by atoms with Crippen LogP contribution in [0.2, 0.25) is 0 Å². The first-order chi connectivity index (χ1) is 13.4. The van der Waals surface area contributed by atoms with Gasteiger partial charge in [-0.15, -0.1) is 0 Å². The fraction of sp³-hybridized carbons (Fsp3) is 0.571. The molecule has 2 aliphatic rings. The molecule has 0 aromatic heterocycles. The highest BCUT2D eigenvalue weighted by Gasteiger charge is 2.41. The number of nitrogens with zero attached hydrogens (tertiary/aromatic N) is 2. The van der Waals surface area contributed by atoms with Crippen molar-refractivity contribution in [2.24, 2.45) is 0 Å². The maximum Gasteiger partial charge on any atom is 0.252 e. The van der Waals surface area contributed by atoms with Gasteiger partial charge in [-0.25, -0.2) is 0 Å². The second kappa shape index (κ2) is 8.73. The molecule has 0 radical (unpaired) electrons. The van der Waals surface area contributed by atoms with Crippen LogP contribution in [0.1, 0.15) is 43.4 Å². The average molecular weight is 387 g/mol. The van der Waals surface area contributed by atoms with Crippen LogP contribution in [-0.2, 0) is 19.1 Å². The number of amides is 3. The van der Waals surface area contributed by atoms with Crippen LogP contribution < -0.4 is 5.32 Å². The Labute approximate surface area is 166 Å². The first-order valence-electron chi connectivity index (χ1n) is 9.91. The number of hydrogen-bond donors (Lipinski definition) is 1. The predicted molar refractivity (Wildman–Crippen MR) is 104 cm³/mol. The standard InChI is InChI=1S/C21H29N3O4/c1-14-7-9-16(10-8-14)18-19(28-13-17(25)23(18)3)20(26)22-15(2)21(27)24-11-5-4-6-12-24/h7-10,15,18-19H,4-6,11-13H2,1-3H3,(H,22,26). The molecule has 0 bridgehead atoms. The second-order valence-corrected chi connectivity index (χ2v) is 7.71. The maximum atomic E-state index is 13.0. The zero-order chi connectivity index (χ0) is 20.3. The molecule has 28 heavy (non-hydrogen) atoms. The van der Waals surface area contributed by atoms with Gasteiger partial charge >= 0.3 is 0 Å². The molecule has 152 valence electrons. The Morgan fingerprint density at radius 1 is 1.14 bits per heavy atom. The van der Waals surface area contributed by atoms with E-state index in [1.807, 2.05) is 36.1 Å². The number of morpholine rings is 1. The third-order valence-electron chi connectivity index (χ3n) is 5.56. The van der Waals surface area contributed by atoms with Crippen LogP contribution in [0.3, 0.4) is 0 Å². The van der Waals surface area contributed by atoms with Gasteiger partial charge in [0, 0.05) is 20.1 Å². The molecule has 0 aliphatic carbocycles. The van der Waals surface area contributed by atoms with E-state index in [2.05, 4.69) is 5.32 Å². The van der Waals surface area contributed by atoms with Gasteiger partial charge < -0.3 is 19.9 Å². The zero-order valence-electron chi connectivity index (χ0n) is 16.8. The van der Waals surface area contributed by atoms with Crippen molar-refractivity contribution in [3.63, 3.8) is 0 Å². The monoisotopic (exact) mass is 387 g/mol. The van der Waals surface area contributed by atoms with Crippen molar-refractivity contribution in [1.82, 2.24) is 15.1 Å². The Morgan fingerprint density at radius 3 is 2.43 bits per heavy atom. The van der Waals surface area contributed by atoms with E-state index in [1.54, 1.807) is 18.9 Å². The van der Waals surface area contributed by atoms with Crippen molar-refractivity contribution in [3.8, 4) is 0 Å². The van der Waals surface area contributed by atoms with E-state index in [0.717, 1.165) is 43.5 Å². The summed E-state index contributed by atoms with van der Waals surface area (Å²) >= 11 is 0. The normalized spacial score (nSPS) is 24.0. The quantitative estimate of drug-likeness (QED) is 0.847. The molecule has 3 unspecified atom stereocenters. The molecule has 3 rings (SSSR count). The first kappa shape index (κ1) is 20.3. The Bertz CT molecular complexity index is 728. The van der Waals surface area contributed by atoms with E-state index < -0.39 is 18.2 Å². The molecule has 1 aromatic carbocycles. The molecule has 2 heterocycles. The van der Waals surface area contributed by atoms with Gasteiger partial charge in [-0.1, -0.05) is 29.8 Å². The molecule has 0 saturated carbocycles. The fourth-order valence-electron chi connectivity index (χ4n) is 3.84. The minimum absolute atomic E-state index is 0.0693. The lowest BCUT2D eigenvalue weighted by Gasteiger charge is -2.39. The zero-order valence-corrected chi connectivity index (χ0v) is 16.8. The number of hydrogen-bond acceptors (Lipinski definition) is 4. The van der Waals surface area contributed by atoms with E-state index in [0.29, 0.717) is 0 Å². The second-order valence-electron chi connectivity index (χ2n) is 7.71. The summed E-state index contributed by atoms with van der Waals surface area (Å²) in [6.07, 6.45) is 2.28. The number of benzene rings is 1. The third kappa shape index (κ3) is 4.35. The predicted octanol–water partition coefficient (Wildman–Crippen LogP) is 1.41. The number of likely N-dealkylation sites (tertiary alicyclic amines) is 1. The maximum absolute atomic E-state index is 13.0.